The molecule has 0 saturated carbocycles. The Labute approximate surface area is 99.4 Å². The molecule has 0 bridgehead atoms. The van der Waals surface area contributed by atoms with Crippen LogP contribution < -0.4 is 0 Å². The minimum Gasteiger partial charge on any atom is -0.463 e. The summed E-state index contributed by atoms with van der Waals surface area (Å²) in [6.45, 7) is 4.45. The topological polar surface area (TPSA) is 26.3 Å². The molecular formula is C14H24O2. The van der Waals surface area contributed by atoms with Crippen LogP contribution in [0.25, 0.3) is 0 Å². The molecule has 0 rings (SSSR count). The van der Waals surface area contributed by atoms with E-state index in [1.165, 1.54) is 25.3 Å². The van der Waals surface area contributed by atoms with Crippen molar-refractivity contribution in [3.05, 3.63) is 24.3 Å². The smallest absolute Gasteiger partial charge is 0.330 e. The molecule has 2 heteroatoms. The highest BCUT2D eigenvalue weighted by Gasteiger charge is 1.91. The fourth-order valence-electron chi connectivity index (χ4n) is 1.30. The second-order valence-electron chi connectivity index (χ2n) is 3.70. The van der Waals surface area contributed by atoms with Crippen molar-refractivity contribution in [2.24, 2.45) is 0 Å². The van der Waals surface area contributed by atoms with E-state index in [4.69, 9.17) is 4.74 Å². The molecule has 0 aromatic heterocycles. The summed E-state index contributed by atoms with van der Waals surface area (Å²) in [5.41, 5.74) is 0. The number of ether oxygens (including phenoxy) is 1. The number of unbranched alkanes of at least 4 members (excludes halogenated alkanes) is 4. The van der Waals surface area contributed by atoms with Gasteiger partial charge in [0.05, 0.1) is 6.61 Å². The van der Waals surface area contributed by atoms with E-state index in [0.717, 1.165) is 19.3 Å². The van der Waals surface area contributed by atoms with Crippen LogP contribution in [0.2, 0.25) is 0 Å². The van der Waals surface area contributed by atoms with E-state index < -0.39 is 0 Å². The van der Waals surface area contributed by atoms with Crippen LogP contribution in [0.1, 0.15) is 52.4 Å². The minimum absolute atomic E-state index is 0.231. The van der Waals surface area contributed by atoms with Gasteiger partial charge in [-0.2, -0.15) is 0 Å². The predicted molar refractivity (Wildman–Crippen MR) is 68.3 cm³/mol. The molecule has 0 atom stereocenters. The van der Waals surface area contributed by atoms with Gasteiger partial charge in [-0.3, -0.25) is 0 Å². The molecule has 0 aliphatic heterocycles. The Balaban J connectivity index is 3.29. The Morgan fingerprint density at radius 3 is 2.25 bits per heavy atom. The summed E-state index contributed by atoms with van der Waals surface area (Å²) in [5.74, 6) is -0.231. The van der Waals surface area contributed by atoms with E-state index in [1.807, 2.05) is 13.0 Å². The van der Waals surface area contributed by atoms with Gasteiger partial charge in [0.1, 0.15) is 0 Å². The monoisotopic (exact) mass is 224 g/mol. The van der Waals surface area contributed by atoms with Crippen LogP contribution in [0, 0.1) is 0 Å². The maximum atomic E-state index is 10.9. The number of hydrogen-bond acceptors (Lipinski definition) is 2. The van der Waals surface area contributed by atoms with Crippen LogP contribution in [0.15, 0.2) is 24.3 Å². The molecule has 0 unspecified atom stereocenters. The zero-order chi connectivity index (χ0) is 12.1. The van der Waals surface area contributed by atoms with Crippen LogP contribution in [-0.2, 0) is 9.53 Å². The molecule has 0 saturated heterocycles. The van der Waals surface area contributed by atoms with Crippen LogP contribution >= 0.6 is 0 Å². The Kier molecular flexibility index (Phi) is 11.2. The van der Waals surface area contributed by atoms with Crippen LogP contribution in [0.5, 0.6) is 0 Å². The highest BCUT2D eigenvalue weighted by molar-refractivity contribution is 5.81. The Morgan fingerprint density at radius 2 is 1.62 bits per heavy atom. The van der Waals surface area contributed by atoms with E-state index in [2.05, 4.69) is 19.1 Å². The molecule has 0 aromatic rings. The zero-order valence-corrected chi connectivity index (χ0v) is 10.6. The first-order valence-corrected chi connectivity index (χ1v) is 6.29. The van der Waals surface area contributed by atoms with Gasteiger partial charge in [0.25, 0.3) is 0 Å². The highest BCUT2D eigenvalue weighted by atomic mass is 16.5. The molecule has 0 heterocycles. The first-order chi connectivity index (χ1) is 7.81. The minimum atomic E-state index is -0.231. The summed E-state index contributed by atoms with van der Waals surface area (Å²) in [6, 6.07) is 0. The quantitative estimate of drug-likeness (QED) is 0.256. The second-order valence-corrected chi connectivity index (χ2v) is 3.70. The summed E-state index contributed by atoms with van der Waals surface area (Å²) in [6.07, 6.45) is 14.7. The van der Waals surface area contributed by atoms with E-state index in [1.54, 1.807) is 0 Å². The molecule has 0 amide bonds. The molecule has 0 aliphatic carbocycles. The average molecular weight is 224 g/mol. The lowest BCUT2D eigenvalue weighted by atomic mass is 10.1. The van der Waals surface area contributed by atoms with Gasteiger partial charge in [-0.1, -0.05) is 31.6 Å². The molecule has 16 heavy (non-hydrogen) atoms. The fraction of sp³-hybridized carbons (Fsp3) is 0.643. The predicted octanol–water partition coefficient (Wildman–Crippen LogP) is 4.02. The molecule has 0 fully saturated rings. The lowest BCUT2D eigenvalue weighted by Crippen LogP contribution is -1.98. The van der Waals surface area contributed by atoms with Gasteiger partial charge in [0.2, 0.25) is 0 Å². The number of esters is 1. The van der Waals surface area contributed by atoms with Gasteiger partial charge in [0, 0.05) is 6.08 Å². The maximum absolute atomic E-state index is 10.9. The number of rotatable bonds is 9. The number of allylic oxidation sites excluding steroid dienone is 3. The van der Waals surface area contributed by atoms with Gasteiger partial charge < -0.3 is 4.74 Å². The van der Waals surface area contributed by atoms with E-state index in [0.29, 0.717) is 6.61 Å². The Bertz CT molecular complexity index is 217. The number of carbonyl (C=O) groups is 1. The van der Waals surface area contributed by atoms with Crippen LogP contribution in [0.4, 0.5) is 0 Å². The Hall–Kier alpha value is -1.05. The summed E-state index contributed by atoms with van der Waals surface area (Å²) in [5, 5.41) is 0. The van der Waals surface area contributed by atoms with Crippen molar-refractivity contribution in [1.82, 2.24) is 0 Å². The zero-order valence-electron chi connectivity index (χ0n) is 10.6. The van der Waals surface area contributed by atoms with Crippen molar-refractivity contribution >= 4 is 5.97 Å². The molecule has 0 radical (unpaired) electrons. The van der Waals surface area contributed by atoms with Crippen LogP contribution in [-0.4, -0.2) is 12.6 Å². The summed E-state index contributed by atoms with van der Waals surface area (Å²) in [4.78, 5) is 10.9. The SMILES string of the molecule is CCC/C=C/CCCC/C=C/C(=O)OCC. The maximum Gasteiger partial charge on any atom is 0.330 e. The molecule has 0 N–H and O–H groups in total. The van der Waals surface area contributed by atoms with Crippen molar-refractivity contribution in [3.63, 3.8) is 0 Å². The first-order valence-electron chi connectivity index (χ1n) is 6.29. The van der Waals surface area contributed by atoms with E-state index in [-0.39, 0.29) is 5.97 Å². The Morgan fingerprint density at radius 1 is 1.00 bits per heavy atom. The summed E-state index contributed by atoms with van der Waals surface area (Å²) < 4.78 is 4.78. The third-order valence-electron chi connectivity index (χ3n) is 2.15. The average Bonchev–Trinajstić information content (AvgIpc) is 2.27. The van der Waals surface area contributed by atoms with Gasteiger partial charge in [-0.05, 0) is 39.0 Å². The molecule has 0 aliphatic rings. The third-order valence-corrected chi connectivity index (χ3v) is 2.15. The van der Waals surface area contributed by atoms with E-state index in [9.17, 15) is 4.79 Å². The van der Waals surface area contributed by atoms with Crippen molar-refractivity contribution in [2.75, 3.05) is 6.61 Å². The van der Waals surface area contributed by atoms with Crippen LogP contribution in [0.3, 0.4) is 0 Å². The number of hydrogen-bond donors (Lipinski definition) is 0. The first kappa shape index (κ1) is 14.9. The standard InChI is InChI=1S/C14H24O2/c1-3-5-6-7-8-9-10-11-12-13-14(15)16-4-2/h6-7,12-13H,3-5,8-11H2,1-2H3/b7-6+,13-12+. The summed E-state index contributed by atoms with van der Waals surface area (Å²) in [7, 11) is 0. The molecule has 92 valence electrons. The van der Waals surface area contributed by atoms with Gasteiger partial charge in [-0.25, -0.2) is 4.79 Å². The third kappa shape index (κ3) is 11.0. The van der Waals surface area contributed by atoms with Crippen molar-refractivity contribution < 1.29 is 9.53 Å². The van der Waals surface area contributed by atoms with Gasteiger partial charge in [0.15, 0.2) is 0 Å². The number of carbonyl (C=O) groups excluding carboxylic acids is 1. The molecular weight excluding hydrogens is 200 g/mol. The summed E-state index contributed by atoms with van der Waals surface area (Å²) >= 11 is 0. The van der Waals surface area contributed by atoms with Crippen molar-refractivity contribution in [2.45, 2.75) is 52.4 Å². The highest BCUT2D eigenvalue weighted by Crippen LogP contribution is 2.02. The van der Waals surface area contributed by atoms with Crippen molar-refractivity contribution in [1.29, 1.82) is 0 Å². The molecule has 2 nitrogen and oxygen atoms in total. The fourth-order valence-corrected chi connectivity index (χ4v) is 1.30. The lowest BCUT2D eigenvalue weighted by molar-refractivity contribution is -0.137. The second kappa shape index (κ2) is 12.0. The van der Waals surface area contributed by atoms with Gasteiger partial charge in [-0.15, -0.1) is 0 Å². The van der Waals surface area contributed by atoms with Gasteiger partial charge >= 0.3 is 5.97 Å². The lowest BCUT2D eigenvalue weighted by Gasteiger charge is -1.95. The van der Waals surface area contributed by atoms with E-state index >= 15 is 0 Å². The molecule has 0 spiro atoms. The largest absolute Gasteiger partial charge is 0.463 e. The van der Waals surface area contributed by atoms with Crippen molar-refractivity contribution in [3.8, 4) is 0 Å². The molecule has 0 aromatic carbocycles. The normalized spacial score (nSPS) is 11.4.